The predicted molar refractivity (Wildman–Crippen MR) is 255 cm³/mol. The van der Waals surface area contributed by atoms with Crippen molar-refractivity contribution in [2.24, 2.45) is 0 Å². The van der Waals surface area contributed by atoms with Crippen LogP contribution < -0.4 is 25.6 Å². The first-order chi connectivity index (χ1) is 31.3. The molecular formula is C44H40BIN10O6S2. The minimum atomic E-state index is -1.30. The van der Waals surface area contributed by atoms with E-state index in [-0.39, 0.29) is 11.8 Å². The maximum Gasteiger partial charge on any atom is 0.489 e. The number of rotatable bonds is 2. The standard InChI is InChI=1S/C22H19N5O2S.C18H16IN5O2.C4H5BO2S/c28-22-17-12-15(16-8-11-30-13-16)6-7-19(17)29-10-2-1-9-27-14-23-26-21(27)18-4-3-5-20(24-18)25-22;19-12-6-7-15-13(10-12)18(25)22-16-5-3-4-14(21-16)17-23-20-11-24(17)8-1-2-9-26-15;6-5(7)4-1-2-8-3-4/h3-8,11-14H,1-2,9-10H2,(H,24,25,28);3-7,10-11H,1-2,8-9H2,(H,21,22,25);1-3,6-7H. The van der Waals surface area contributed by atoms with Crippen molar-refractivity contribution in [3.63, 3.8) is 0 Å². The van der Waals surface area contributed by atoms with E-state index in [1.807, 2.05) is 81.2 Å². The van der Waals surface area contributed by atoms with Crippen molar-refractivity contribution in [2.75, 3.05) is 23.8 Å². The summed E-state index contributed by atoms with van der Waals surface area (Å²) in [6, 6.07) is 26.0. The van der Waals surface area contributed by atoms with Crippen LogP contribution in [0.2, 0.25) is 0 Å². The van der Waals surface area contributed by atoms with Gasteiger partial charge in [0.2, 0.25) is 0 Å². The van der Waals surface area contributed by atoms with Crippen LogP contribution in [-0.2, 0) is 13.1 Å². The minimum absolute atomic E-state index is 0.248. The van der Waals surface area contributed by atoms with Crippen molar-refractivity contribution in [3.05, 3.63) is 134 Å². The van der Waals surface area contributed by atoms with Gasteiger partial charge in [-0.25, -0.2) is 9.97 Å². The topological polar surface area (TPSA) is 204 Å². The molecule has 20 heteroatoms. The molecule has 2 aliphatic rings. The summed E-state index contributed by atoms with van der Waals surface area (Å²) in [5.41, 5.74) is 4.96. The molecule has 0 aliphatic carbocycles. The van der Waals surface area contributed by atoms with Gasteiger partial charge in [-0.15, -0.1) is 20.4 Å². The molecule has 8 aromatic rings. The molecule has 6 aromatic heterocycles. The zero-order valence-corrected chi connectivity index (χ0v) is 37.9. The molecule has 2 aromatic carbocycles. The summed E-state index contributed by atoms with van der Waals surface area (Å²) < 4.78 is 16.7. The Kier molecular flexibility index (Phi) is 14.8. The molecule has 2 amide bonds. The van der Waals surface area contributed by atoms with Crippen molar-refractivity contribution in [2.45, 2.75) is 38.8 Å². The molecule has 0 spiro atoms. The van der Waals surface area contributed by atoms with E-state index in [4.69, 9.17) is 19.5 Å². The lowest BCUT2D eigenvalue weighted by Gasteiger charge is -2.15. The number of pyridine rings is 2. The van der Waals surface area contributed by atoms with E-state index >= 15 is 0 Å². The number of amides is 2. The number of ether oxygens (including phenoxy) is 2. The molecule has 324 valence electrons. The van der Waals surface area contributed by atoms with Crippen LogP contribution >= 0.6 is 45.3 Å². The lowest BCUT2D eigenvalue weighted by Crippen LogP contribution is -2.27. The Labute approximate surface area is 389 Å². The third kappa shape index (κ3) is 11.2. The highest BCUT2D eigenvalue weighted by atomic mass is 127. The molecule has 64 heavy (non-hydrogen) atoms. The number of aromatic nitrogens is 8. The molecule has 0 unspecified atom stereocenters. The number of anilines is 2. The molecule has 4 bridgehead atoms. The number of carbonyl (C=O) groups is 2. The van der Waals surface area contributed by atoms with Crippen molar-refractivity contribution < 1.29 is 29.1 Å². The molecule has 8 heterocycles. The Morgan fingerprint density at radius 1 is 0.641 bits per heavy atom. The van der Waals surface area contributed by atoms with Gasteiger partial charge in [0.1, 0.15) is 47.2 Å². The van der Waals surface area contributed by atoms with Gasteiger partial charge < -0.3 is 39.3 Å². The van der Waals surface area contributed by atoms with Crippen LogP contribution in [-0.4, -0.2) is 81.7 Å². The van der Waals surface area contributed by atoms with Gasteiger partial charge in [0.15, 0.2) is 11.6 Å². The van der Waals surface area contributed by atoms with Crippen LogP contribution in [0.4, 0.5) is 11.6 Å². The Balaban J connectivity index is 0.000000150. The van der Waals surface area contributed by atoms with Crippen LogP contribution in [0.5, 0.6) is 11.5 Å². The maximum absolute atomic E-state index is 13.1. The van der Waals surface area contributed by atoms with E-state index < -0.39 is 7.12 Å². The number of nitrogens with one attached hydrogen (secondary N) is 2. The molecule has 16 nitrogen and oxygen atoms in total. The number of benzene rings is 2. The monoisotopic (exact) mass is 1010 g/mol. The van der Waals surface area contributed by atoms with Gasteiger partial charge in [-0.2, -0.15) is 22.7 Å². The second kappa shape index (κ2) is 21.4. The highest BCUT2D eigenvalue weighted by molar-refractivity contribution is 14.1. The van der Waals surface area contributed by atoms with E-state index in [1.54, 1.807) is 53.0 Å². The first kappa shape index (κ1) is 44.3. The van der Waals surface area contributed by atoms with Crippen LogP contribution in [0, 0.1) is 3.57 Å². The summed E-state index contributed by atoms with van der Waals surface area (Å²) in [6.07, 6.45) is 6.93. The first-order valence-corrected chi connectivity index (χ1v) is 23.2. The lowest BCUT2D eigenvalue weighted by atomic mass is 9.83. The average molecular weight is 1010 g/mol. The fourth-order valence-electron chi connectivity index (χ4n) is 6.66. The number of fused-ring (bicyclic) bond motifs is 10. The van der Waals surface area contributed by atoms with Crippen LogP contribution in [0.25, 0.3) is 34.2 Å². The Morgan fingerprint density at radius 2 is 1.20 bits per heavy atom. The van der Waals surface area contributed by atoms with Gasteiger partial charge in [-0.05, 0) is 147 Å². The number of hydrogen-bond donors (Lipinski definition) is 4. The molecule has 0 atom stereocenters. The van der Waals surface area contributed by atoms with Gasteiger partial charge in [0.05, 0.1) is 24.3 Å². The molecule has 0 saturated carbocycles. The summed E-state index contributed by atoms with van der Waals surface area (Å²) in [5, 5.41) is 46.7. The Morgan fingerprint density at radius 3 is 1.73 bits per heavy atom. The maximum atomic E-state index is 13.1. The minimum Gasteiger partial charge on any atom is -0.493 e. The van der Waals surface area contributed by atoms with Crippen molar-refractivity contribution in [1.82, 2.24) is 39.5 Å². The number of nitrogens with zero attached hydrogens (tertiary/aromatic N) is 8. The smallest absolute Gasteiger partial charge is 0.489 e. The normalized spacial score (nSPS) is 13.6. The summed E-state index contributed by atoms with van der Waals surface area (Å²) >= 11 is 5.25. The predicted octanol–water partition coefficient (Wildman–Crippen LogP) is 7.29. The fraction of sp³-hybridized carbons (Fsp3) is 0.182. The van der Waals surface area contributed by atoms with E-state index in [2.05, 4.69) is 69.0 Å². The van der Waals surface area contributed by atoms with Crippen molar-refractivity contribution >= 4 is 81.3 Å². The summed E-state index contributed by atoms with van der Waals surface area (Å²) in [4.78, 5) is 35.0. The third-order valence-corrected chi connectivity index (χ3v) is 11.9. The largest absolute Gasteiger partial charge is 0.493 e. The number of hydrogen-bond acceptors (Lipinski definition) is 14. The van der Waals surface area contributed by atoms with Crippen LogP contribution in [0.1, 0.15) is 46.4 Å². The molecule has 0 saturated heterocycles. The number of halogens is 1. The second-order valence-electron chi connectivity index (χ2n) is 14.3. The second-order valence-corrected chi connectivity index (χ2v) is 17.1. The summed E-state index contributed by atoms with van der Waals surface area (Å²) in [7, 11) is -1.30. The molecule has 4 N–H and O–H groups in total. The van der Waals surface area contributed by atoms with Gasteiger partial charge >= 0.3 is 7.12 Å². The summed E-state index contributed by atoms with van der Waals surface area (Å²) in [6.45, 7) is 2.62. The van der Waals surface area contributed by atoms with E-state index in [9.17, 15) is 9.59 Å². The zero-order chi connectivity index (χ0) is 44.3. The SMILES string of the molecule is O=C1Nc2cccc(n2)-c2nncn2CCCCOc2ccc(-c3ccsc3)cc21.O=C1Nc2cccc(n2)-c2nncn2CCCCOc2ccc(I)cc21.OB(O)c1ccsc1. The fourth-order valence-corrected chi connectivity index (χ4v) is 8.49. The van der Waals surface area contributed by atoms with Crippen LogP contribution in [0.3, 0.4) is 0 Å². The molecule has 0 radical (unpaired) electrons. The molecular weight excluding hydrogens is 966 g/mol. The highest BCUT2D eigenvalue weighted by Crippen LogP contribution is 2.30. The summed E-state index contributed by atoms with van der Waals surface area (Å²) in [5.74, 6) is 2.94. The van der Waals surface area contributed by atoms with E-state index in [0.29, 0.717) is 76.0 Å². The zero-order valence-electron chi connectivity index (χ0n) is 34.1. The van der Waals surface area contributed by atoms with Gasteiger partial charge in [0, 0.05) is 16.7 Å². The number of aryl methyl sites for hydroxylation is 2. The molecule has 10 rings (SSSR count). The first-order valence-electron chi connectivity index (χ1n) is 20.2. The third-order valence-electron chi connectivity index (χ3n) is 9.88. The van der Waals surface area contributed by atoms with Crippen molar-refractivity contribution in [1.29, 1.82) is 0 Å². The van der Waals surface area contributed by atoms with Gasteiger partial charge in [0.25, 0.3) is 11.8 Å². The number of thiophene rings is 2. The Hall–Kier alpha value is -6.33. The molecule has 2 aliphatic heterocycles. The highest BCUT2D eigenvalue weighted by Gasteiger charge is 2.19. The van der Waals surface area contributed by atoms with Crippen LogP contribution in [0.15, 0.2) is 119 Å². The van der Waals surface area contributed by atoms with E-state index in [1.165, 1.54) is 11.3 Å². The van der Waals surface area contributed by atoms with E-state index in [0.717, 1.165) is 53.5 Å². The lowest BCUT2D eigenvalue weighted by molar-refractivity contribution is 0.101. The average Bonchev–Trinajstić information content (AvgIpc) is 4.16. The Bertz CT molecular complexity index is 2820. The van der Waals surface area contributed by atoms with Crippen molar-refractivity contribution in [3.8, 4) is 45.7 Å². The molecule has 0 fully saturated rings. The quantitative estimate of drug-likeness (QED) is 0.0996. The van der Waals surface area contributed by atoms with Gasteiger partial charge in [-0.3, -0.25) is 9.59 Å². The number of carbonyl (C=O) groups excluding carboxylic acids is 2. The van der Waals surface area contributed by atoms with Gasteiger partial charge in [-0.1, -0.05) is 24.3 Å².